The van der Waals surface area contributed by atoms with Crippen molar-refractivity contribution in [2.45, 2.75) is 19.8 Å². The van der Waals surface area contributed by atoms with Gasteiger partial charge in [-0.25, -0.2) is 0 Å². The number of aromatic hydroxyl groups is 4. The Kier molecular flexibility index (Phi) is 4.34. The van der Waals surface area contributed by atoms with E-state index in [4.69, 9.17) is 4.42 Å². The summed E-state index contributed by atoms with van der Waals surface area (Å²) < 4.78 is 5.81. The molecule has 0 atom stereocenters. The topological polar surface area (TPSA) is 111 Å². The molecule has 0 radical (unpaired) electrons. The third-order valence-corrected chi connectivity index (χ3v) is 4.12. The Morgan fingerprint density at radius 1 is 1.00 bits per heavy atom. The lowest BCUT2D eigenvalue weighted by Crippen LogP contribution is -2.03. The molecular weight excluding hydrogens is 336 g/mol. The second-order valence-electron chi connectivity index (χ2n) is 6.23. The number of allylic oxidation sites excluding steroid dienone is 1. The minimum Gasteiger partial charge on any atom is -0.507 e. The average molecular weight is 354 g/mol. The van der Waals surface area contributed by atoms with Crippen LogP contribution in [0.1, 0.15) is 18.9 Å². The molecule has 0 aliphatic rings. The Labute approximate surface area is 148 Å². The van der Waals surface area contributed by atoms with Gasteiger partial charge in [0.1, 0.15) is 28.2 Å². The van der Waals surface area contributed by atoms with Crippen LogP contribution < -0.4 is 5.43 Å². The van der Waals surface area contributed by atoms with Crippen LogP contribution in [0.15, 0.2) is 51.7 Å². The number of fused-ring (bicyclic) bond motifs is 1. The fourth-order valence-electron chi connectivity index (χ4n) is 2.75. The first-order chi connectivity index (χ1) is 12.3. The lowest BCUT2D eigenvalue weighted by molar-refractivity contribution is 0.404. The number of phenolic OH excluding ortho intramolecular Hbond substituents is 4. The van der Waals surface area contributed by atoms with Gasteiger partial charge in [0.15, 0.2) is 16.9 Å². The van der Waals surface area contributed by atoms with Gasteiger partial charge in [-0.2, -0.15) is 0 Å². The van der Waals surface area contributed by atoms with Gasteiger partial charge < -0.3 is 24.8 Å². The molecule has 2 aromatic carbocycles. The smallest absolute Gasteiger partial charge is 0.197 e. The fraction of sp³-hybridized carbons (Fsp3) is 0.150. The first-order valence-electron chi connectivity index (χ1n) is 7.96. The van der Waals surface area contributed by atoms with Crippen molar-refractivity contribution in [1.29, 1.82) is 0 Å². The van der Waals surface area contributed by atoms with Crippen molar-refractivity contribution >= 4 is 11.0 Å². The summed E-state index contributed by atoms with van der Waals surface area (Å²) in [4.78, 5) is 12.5. The zero-order valence-electron chi connectivity index (χ0n) is 14.1. The Balaban J connectivity index is 2.28. The van der Waals surface area contributed by atoms with Crippen molar-refractivity contribution in [1.82, 2.24) is 0 Å². The summed E-state index contributed by atoms with van der Waals surface area (Å²) in [5.74, 6) is -1.06. The standard InChI is InChI=1S/C20H18O6/c1-10(2)3-5-12-14(22)8-16(24)19-17(25)9-18(26-20(12)19)11-4-6-13(21)15(23)7-11/h4,6-9,21-24H,1,3,5H2,2H3. The van der Waals surface area contributed by atoms with Crippen LogP contribution in [-0.2, 0) is 6.42 Å². The molecule has 0 spiro atoms. The van der Waals surface area contributed by atoms with Crippen LogP contribution in [0.4, 0.5) is 0 Å². The molecule has 0 fully saturated rings. The Morgan fingerprint density at radius 3 is 2.38 bits per heavy atom. The molecule has 3 rings (SSSR count). The van der Waals surface area contributed by atoms with Gasteiger partial charge in [0.2, 0.25) is 0 Å². The highest BCUT2D eigenvalue weighted by Gasteiger charge is 2.18. The molecule has 134 valence electrons. The molecule has 1 aromatic heterocycles. The monoisotopic (exact) mass is 354 g/mol. The predicted molar refractivity (Wildman–Crippen MR) is 97.7 cm³/mol. The molecule has 0 aliphatic carbocycles. The first kappa shape index (κ1) is 17.4. The molecule has 0 saturated heterocycles. The van der Waals surface area contributed by atoms with Gasteiger partial charge in [-0.3, -0.25) is 4.79 Å². The molecule has 0 unspecified atom stereocenters. The SMILES string of the molecule is C=C(C)CCc1c(O)cc(O)c2c(=O)cc(-c3ccc(O)c(O)c3)oc12. The average Bonchev–Trinajstić information content (AvgIpc) is 2.56. The molecular formula is C20H18O6. The van der Waals surface area contributed by atoms with E-state index in [9.17, 15) is 25.2 Å². The second kappa shape index (κ2) is 6.48. The van der Waals surface area contributed by atoms with E-state index in [-0.39, 0.29) is 39.7 Å². The maximum absolute atomic E-state index is 12.5. The van der Waals surface area contributed by atoms with Crippen molar-refractivity contribution in [3.05, 3.63) is 58.3 Å². The van der Waals surface area contributed by atoms with Crippen molar-refractivity contribution in [3.63, 3.8) is 0 Å². The predicted octanol–water partition coefficient (Wildman–Crippen LogP) is 3.79. The molecule has 0 amide bonds. The van der Waals surface area contributed by atoms with Gasteiger partial charge >= 0.3 is 0 Å². The highest BCUT2D eigenvalue weighted by molar-refractivity contribution is 5.89. The van der Waals surface area contributed by atoms with Crippen LogP contribution in [0.2, 0.25) is 0 Å². The quantitative estimate of drug-likeness (QED) is 0.419. The molecule has 0 saturated carbocycles. The summed E-state index contributed by atoms with van der Waals surface area (Å²) in [5.41, 5.74) is 1.25. The minimum absolute atomic E-state index is 0.0220. The number of aryl methyl sites for hydroxylation is 1. The molecule has 0 aliphatic heterocycles. The van der Waals surface area contributed by atoms with Crippen LogP contribution in [0.5, 0.6) is 23.0 Å². The van der Waals surface area contributed by atoms with Crippen LogP contribution in [0.3, 0.4) is 0 Å². The van der Waals surface area contributed by atoms with Crippen molar-refractivity contribution in [2.75, 3.05) is 0 Å². The third-order valence-electron chi connectivity index (χ3n) is 4.12. The van der Waals surface area contributed by atoms with Gasteiger partial charge in [-0.15, -0.1) is 6.58 Å². The molecule has 1 heterocycles. The zero-order valence-corrected chi connectivity index (χ0v) is 14.1. The number of benzene rings is 2. The van der Waals surface area contributed by atoms with E-state index < -0.39 is 5.43 Å². The van der Waals surface area contributed by atoms with Gasteiger partial charge in [-0.1, -0.05) is 5.57 Å². The summed E-state index contributed by atoms with van der Waals surface area (Å²) >= 11 is 0. The van der Waals surface area contributed by atoms with Crippen LogP contribution in [0, 0.1) is 0 Å². The van der Waals surface area contributed by atoms with Crippen LogP contribution in [0.25, 0.3) is 22.3 Å². The summed E-state index contributed by atoms with van der Waals surface area (Å²) in [5, 5.41) is 39.4. The Hall–Kier alpha value is -3.41. The first-order valence-corrected chi connectivity index (χ1v) is 7.96. The Bertz CT molecular complexity index is 1080. The summed E-state index contributed by atoms with van der Waals surface area (Å²) in [6.07, 6.45) is 0.951. The van der Waals surface area contributed by atoms with E-state index in [2.05, 4.69) is 6.58 Å². The lowest BCUT2D eigenvalue weighted by atomic mass is 10.0. The van der Waals surface area contributed by atoms with Gasteiger partial charge in [0.05, 0.1) is 0 Å². The van der Waals surface area contributed by atoms with E-state index in [0.717, 1.165) is 11.6 Å². The fourth-order valence-corrected chi connectivity index (χ4v) is 2.75. The highest BCUT2D eigenvalue weighted by Crippen LogP contribution is 2.37. The highest BCUT2D eigenvalue weighted by atomic mass is 16.3. The van der Waals surface area contributed by atoms with E-state index >= 15 is 0 Å². The lowest BCUT2D eigenvalue weighted by Gasteiger charge is -2.11. The summed E-state index contributed by atoms with van der Waals surface area (Å²) in [6, 6.07) is 6.33. The van der Waals surface area contributed by atoms with Crippen LogP contribution >= 0.6 is 0 Å². The number of rotatable bonds is 4. The summed E-state index contributed by atoms with van der Waals surface area (Å²) in [7, 11) is 0. The largest absolute Gasteiger partial charge is 0.507 e. The maximum atomic E-state index is 12.5. The van der Waals surface area contributed by atoms with Crippen molar-refractivity contribution < 1.29 is 24.8 Å². The number of hydrogen-bond donors (Lipinski definition) is 4. The normalized spacial score (nSPS) is 11.0. The van der Waals surface area contributed by atoms with Gasteiger partial charge in [0.25, 0.3) is 0 Å². The number of phenols is 4. The third kappa shape index (κ3) is 3.09. The van der Waals surface area contributed by atoms with Gasteiger partial charge in [0, 0.05) is 23.3 Å². The molecule has 4 N–H and O–H groups in total. The maximum Gasteiger partial charge on any atom is 0.197 e. The Morgan fingerprint density at radius 2 is 1.73 bits per heavy atom. The minimum atomic E-state index is -0.483. The van der Waals surface area contributed by atoms with Gasteiger partial charge in [-0.05, 0) is 38.0 Å². The van der Waals surface area contributed by atoms with Crippen molar-refractivity contribution in [2.24, 2.45) is 0 Å². The van der Waals surface area contributed by atoms with Crippen molar-refractivity contribution in [3.8, 4) is 34.3 Å². The second-order valence-corrected chi connectivity index (χ2v) is 6.23. The summed E-state index contributed by atoms with van der Waals surface area (Å²) in [6.45, 7) is 5.67. The molecule has 6 nitrogen and oxygen atoms in total. The van der Waals surface area contributed by atoms with E-state index in [1.807, 2.05) is 6.92 Å². The van der Waals surface area contributed by atoms with E-state index in [1.54, 1.807) is 0 Å². The molecule has 0 bridgehead atoms. The van der Waals surface area contributed by atoms with E-state index in [0.29, 0.717) is 24.0 Å². The van der Waals surface area contributed by atoms with Crippen LogP contribution in [-0.4, -0.2) is 20.4 Å². The van der Waals surface area contributed by atoms with E-state index in [1.165, 1.54) is 24.3 Å². The molecule has 6 heteroatoms. The molecule has 26 heavy (non-hydrogen) atoms. The number of hydrogen-bond acceptors (Lipinski definition) is 6. The zero-order chi connectivity index (χ0) is 19.0. The molecule has 3 aromatic rings.